The second-order valence-corrected chi connectivity index (χ2v) is 6.31. The molecule has 0 aromatic heterocycles. The molecule has 1 N–H and O–H groups in total. The minimum absolute atomic E-state index is 0.156. The standard InChI is InChI=1S/C17H24N2O2/c1-21-12-14-4-2-3-5-15(14)16(20)19-10-7-17(8-11-19)6-9-18-13-17/h2-5,18H,6-13H2,1H3. The highest BCUT2D eigenvalue weighted by molar-refractivity contribution is 5.95. The van der Waals surface area contributed by atoms with Gasteiger partial charge < -0.3 is 15.0 Å². The highest BCUT2D eigenvalue weighted by Gasteiger charge is 2.38. The van der Waals surface area contributed by atoms with Gasteiger partial charge in [-0.2, -0.15) is 0 Å². The molecular weight excluding hydrogens is 264 g/mol. The average molecular weight is 288 g/mol. The van der Waals surface area contributed by atoms with Crippen LogP contribution < -0.4 is 5.32 Å². The normalized spacial score (nSPS) is 20.9. The molecule has 2 aliphatic rings. The van der Waals surface area contributed by atoms with Gasteiger partial charge in [0, 0.05) is 32.3 Å². The third-order valence-corrected chi connectivity index (χ3v) is 4.99. The lowest BCUT2D eigenvalue weighted by Crippen LogP contribution is -2.44. The van der Waals surface area contributed by atoms with Gasteiger partial charge in [-0.1, -0.05) is 18.2 Å². The summed E-state index contributed by atoms with van der Waals surface area (Å²) in [6.45, 7) is 4.49. The van der Waals surface area contributed by atoms with E-state index >= 15 is 0 Å². The first kappa shape index (κ1) is 14.5. The Morgan fingerprint density at radius 1 is 1.29 bits per heavy atom. The molecule has 0 radical (unpaired) electrons. The van der Waals surface area contributed by atoms with Crippen molar-refractivity contribution in [2.75, 3.05) is 33.3 Å². The Balaban J connectivity index is 1.69. The van der Waals surface area contributed by atoms with Gasteiger partial charge in [-0.05, 0) is 42.9 Å². The van der Waals surface area contributed by atoms with Crippen LogP contribution in [0.2, 0.25) is 0 Å². The third-order valence-electron chi connectivity index (χ3n) is 4.99. The van der Waals surface area contributed by atoms with Crippen LogP contribution in [0.15, 0.2) is 24.3 Å². The summed E-state index contributed by atoms with van der Waals surface area (Å²) >= 11 is 0. The SMILES string of the molecule is COCc1ccccc1C(=O)N1CCC2(CCNC2)CC1. The maximum Gasteiger partial charge on any atom is 0.254 e. The summed E-state index contributed by atoms with van der Waals surface area (Å²) < 4.78 is 5.20. The molecule has 1 amide bonds. The van der Waals surface area contributed by atoms with Crippen LogP contribution in [0.3, 0.4) is 0 Å². The molecule has 4 heteroatoms. The van der Waals surface area contributed by atoms with Crippen LogP contribution in [-0.4, -0.2) is 44.1 Å². The van der Waals surface area contributed by atoms with E-state index in [2.05, 4.69) is 5.32 Å². The second-order valence-electron chi connectivity index (χ2n) is 6.31. The zero-order valence-corrected chi connectivity index (χ0v) is 12.7. The van der Waals surface area contributed by atoms with E-state index in [-0.39, 0.29) is 5.91 Å². The van der Waals surface area contributed by atoms with Crippen LogP contribution in [0.4, 0.5) is 0 Å². The largest absolute Gasteiger partial charge is 0.380 e. The van der Waals surface area contributed by atoms with E-state index in [4.69, 9.17) is 4.74 Å². The zero-order valence-electron chi connectivity index (χ0n) is 12.7. The number of likely N-dealkylation sites (tertiary alicyclic amines) is 1. The minimum Gasteiger partial charge on any atom is -0.380 e. The van der Waals surface area contributed by atoms with Crippen molar-refractivity contribution in [3.63, 3.8) is 0 Å². The minimum atomic E-state index is 0.156. The van der Waals surface area contributed by atoms with Crippen LogP contribution >= 0.6 is 0 Å². The third kappa shape index (κ3) is 2.97. The van der Waals surface area contributed by atoms with Crippen molar-refractivity contribution in [3.8, 4) is 0 Å². The fourth-order valence-electron chi connectivity index (χ4n) is 3.59. The van der Waals surface area contributed by atoms with E-state index < -0.39 is 0 Å². The van der Waals surface area contributed by atoms with Crippen LogP contribution in [0.25, 0.3) is 0 Å². The number of amides is 1. The molecule has 2 saturated heterocycles. The summed E-state index contributed by atoms with van der Waals surface area (Å²) in [5, 5.41) is 3.46. The number of nitrogens with one attached hydrogen (secondary N) is 1. The second kappa shape index (κ2) is 6.16. The van der Waals surface area contributed by atoms with Crippen molar-refractivity contribution >= 4 is 5.91 Å². The first-order valence-corrected chi connectivity index (χ1v) is 7.81. The van der Waals surface area contributed by atoms with E-state index in [1.807, 2.05) is 29.2 Å². The molecule has 2 aliphatic heterocycles. The van der Waals surface area contributed by atoms with Gasteiger partial charge in [-0.15, -0.1) is 0 Å². The van der Waals surface area contributed by atoms with Gasteiger partial charge in [-0.25, -0.2) is 0 Å². The fraction of sp³-hybridized carbons (Fsp3) is 0.588. The van der Waals surface area contributed by atoms with Crippen LogP contribution in [0.5, 0.6) is 0 Å². The van der Waals surface area contributed by atoms with Crippen molar-refractivity contribution in [2.45, 2.75) is 25.9 Å². The highest BCUT2D eigenvalue weighted by atomic mass is 16.5. The van der Waals surface area contributed by atoms with E-state index in [1.165, 1.54) is 6.42 Å². The number of piperidine rings is 1. The van der Waals surface area contributed by atoms with Gasteiger partial charge in [0.05, 0.1) is 6.61 Å². The maximum absolute atomic E-state index is 12.8. The predicted octanol–water partition coefficient (Wildman–Crippen LogP) is 2.05. The Morgan fingerprint density at radius 3 is 2.71 bits per heavy atom. The lowest BCUT2D eigenvalue weighted by atomic mass is 9.77. The number of ether oxygens (including phenoxy) is 1. The molecule has 1 aromatic rings. The van der Waals surface area contributed by atoms with Crippen molar-refractivity contribution in [1.82, 2.24) is 10.2 Å². The Bertz CT molecular complexity index is 499. The van der Waals surface area contributed by atoms with Crippen molar-refractivity contribution in [2.24, 2.45) is 5.41 Å². The first-order valence-electron chi connectivity index (χ1n) is 7.81. The number of carbonyl (C=O) groups excluding carboxylic acids is 1. The molecule has 2 fully saturated rings. The summed E-state index contributed by atoms with van der Waals surface area (Å²) in [6.07, 6.45) is 3.51. The molecular formula is C17H24N2O2. The summed E-state index contributed by atoms with van der Waals surface area (Å²) in [5.41, 5.74) is 2.22. The molecule has 114 valence electrons. The van der Waals surface area contributed by atoms with E-state index in [0.29, 0.717) is 12.0 Å². The Kier molecular flexibility index (Phi) is 4.27. The molecule has 0 saturated carbocycles. The molecule has 1 spiro atoms. The first-order chi connectivity index (χ1) is 10.2. The van der Waals surface area contributed by atoms with E-state index in [0.717, 1.165) is 50.1 Å². The van der Waals surface area contributed by atoms with Gasteiger partial charge in [-0.3, -0.25) is 4.79 Å². The molecule has 21 heavy (non-hydrogen) atoms. The molecule has 0 bridgehead atoms. The maximum atomic E-state index is 12.8. The Hall–Kier alpha value is -1.39. The van der Waals surface area contributed by atoms with E-state index in [1.54, 1.807) is 7.11 Å². The fourth-order valence-corrected chi connectivity index (χ4v) is 3.59. The predicted molar refractivity (Wildman–Crippen MR) is 82.2 cm³/mol. The van der Waals surface area contributed by atoms with Gasteiger partial charge in [0.25, 0.3) is 5.91 Å². The summed E-state index contributed by atoms with van der Waals surface area (Å²) in [7, 11) is 1.67. The van der Waals surface area contributed by atoms with Crippen LogP contribution in [0, 0.1) is 5.41 Å². The van der Waals surface area contributed by atoms with Crippen molar-refractivity contribution in [3.05, 3.63) is 35.4 Å². The molecule has 1 aromatic carbocycles. The number of hydrogen-bond acceptors (Lipinski definition) is 3. The zero-order chi connectivity index (χ0) is 14.7. The quantitative estimate of drug-likeness (QED) is 0.925. The smallest absolute Gasteiger partial charge is 0.254 e. The van der Waals surface area contributed by atoms with Gasteiger partial charge in [0.15, 0.2) is 0 Å². The number of benzene rings is 1. The highest BCUT2D eigenvalue weighted by Crippen LogP contribution is 2.37. The number of hydrogen-bond donors (Lipinski definition) is 1. The topological polar surface area (TPSA) is 41.6 Å². The molecule has 2 heterocycles. The van der Waals surface area contributed by atoms with Crippen molar-refractivity contribution < 1.29 is 9.53 Å². The summed E-state index contributed by atoms with van der Waals surface area (Å²) in [6, 6.07) is 7.78. The van der Waals surface area contributed by atoms with Gasteiger partial charge in [0.2, 0.25) is 0 Å². The van der Waals surface area contributed by atoms with Gasteiger partial charge >= 0.3 is 0 Å². The van der Waals surface area contributed by atoms with Crippen LogP contribution in [0.1, 0.15) is 35.2 Å². The monoisotopic (exact) mass is 288 g/mol. The summed E-state index contributed by atoms with van der Waals surface area (Å²) in [4.78, 5) is 14.8. The number of rotatable bonds is 3. The number of nitrogens with zero attached hydrogens (tertiary/aromatic N) is 1. The number of methoxy groups -OCH3 is 1. The molecule has 0 unspecified atom stereocenters. The lowest BCUT2D eigenvalue weighted by molar-refractivity contribution is 0.0603. The van der Waals surface area contributed by atoms with E-state index in [9.17, 15) is 4.79 Å². The Morgan fingerprint density at radius 2 is 2.05 bits per heavy atom. The van der Waals surface area contributed by atoms with Crippen LogP contribution in [-0.2, 0) is 11.3 Å². The molecule has 4 nitrogen and oxygen atoms in total. The molecule has 3 rings (SSSR count). The lowest BCUT2D eigenvalue weighted by Gasteiger charge is -2.39. The van der Waals surface area contributed by atoms with Crippen molar-refractivity contribution in [1.29, 1.82) is 0 Å². The Labute approximate surface area is 126 Å². The number of carbonyl (C=O) groups is 1. The molecule has 0 aliphatic carbocycles. The average Bonchev–Trinajstić information content (AvgIpc) is 2.97. The summed E-state index contributed by atoms with van der Waals surface area (Å²) in [5.74, 6) is 0.156. The van der Waals surface area contributed by atoms with Gasteiger partial charge in [0.1, 0.15) is 0 Å². The molecule has 0 atom stereocenters.